The van der Waals surface area contributed by atoms with E-state index in [0.29, 0.717) is 21.4 Å². The zero-order valence-electron chi connectivity index (χ0n) is 16.0. The second-order valence-electron chi connectivity index (χ2n) is 6.27. The van der Waals surface area contributed by atoms with Gasteiger partial charge in [-0.15, -0.1) is 11.3 Å². The molecule has 0 radical (unpaired) electrons. The molecule has 0 bridgehead atoms. The van der Waals surface area contributed by atoms with E-state index in [0.717, 1.165) is 16.8 Å². The molecule has 0 fully saturated rings. The first kappa shape index (κ1) is 20.0. The number of thioether (sulfide) groups is 1. The van der Waals surface area contributed by atoms with Gasteiger partial charge in [0.15, 0.2) is 5.16 Å². The van der Waals surface area contributed by atoms with Crippen LogP contribution in [0, 0.1) is 0 Å². The molecule has 0 unspecified atom stereocenters. The fourth-order valence-corrected chi connectivity index (χ4v) is 4.03. The number of amides is 2. The van der Waals surface area contributed by atoms with Gasteiger partial charge in [0.05, 0.1) is 28.8 Å². The van der Waals surface area contributed by atoms with Gasteiger partial charge < -0.3 is 20.4 Å². The number of carbonyl (C=O) groups excluding carboxylic acids is 2. The van der Waals surface area contributed by atoms with E-state index in [2.05, 4.69) is 20.6 Å². The molecule has 0 saturated carbocycles. The van der Waals surface area contributed by atoms with E-state index >= 15 is 0 Å². The van der Waals surface area contributed by atoms with Crippen molar-refractivity contribution in [3.05, 3.63) is 64.9 Å². The number of methoxy groups -OCH3 is 1. The Hall–Kier alpha value is -3.30. The van der Waals surface area contributed by atoms with Gasteiger partial charge in [0.25, 0.3) is 5.91 Å². The Labute approximate surface area is 180 Å². The number of aromatic nitrogens is 2. The first-order chi connectivity index (χ1) is 14.6. The van der Waals surface area contributed by atoms with Crippen LogP contribution in [0.2, 0.25) is 0 Å². The molecule has 30 heavy (non-hydrogen) atoms. The molecule has 0 aliphatic rings. The van der Waals surface area contributed by atoms with Crippen LogP contribution in [0.1, 0.15) is 9.67 Å². The van der Waals surface area contributed by atoms with Gasteiger partial charge in [0.1, 0.15) is 5.75 Å². The number of rotatable bonds is 7. The van der Waals surface area contributed by atoms with Crippen molar-refractivity contribution < 1.29 is 14.3 Å². The van der Waals surface area contributed by atoms with Crippen LogP contribution in [-0.2, 0) is 4.79 Å². The van der Waals surface area contributed by atoms with Crippen LogP contribution in [0.15, 0.2) is 65.1 Å². The molecule has 2 heterocycles. The summed E-state index contributed by atoms with van der Waals surface area (Å²) in [6.45, 7) is 0. The van der Waals surface area contributed by atoms with Crippen molar-refractivity contribution in [2.75, 3.05) is 23.5 Å². The van der Waals surface area contributed by atoms with Crippen molar-refractivity contribution in [1.29, 1.82) is 0 Å². The first-order valence-corrected chi connectivity index (χ1v) is 10.9. The molecule has 0 atom stereocenters. The van der Waals surface area contributed by atoms with Crippen LogP contribution in [0.5, 0.6) is 5.75 Å². The van der Waals surface area contributed by atoms with E-state index in [9.17, 15) is 9.59 Å². The maximum atomic E-state index is 12.3. The van der Waals surface area contributed by atoms with Crippen molar-refractivity contribution in [3.63, 3.8) is 0 Å². The molecule has 4 rings (SSSR count). The SMILES string of the molecule is COc1ccc2nc(SCC(=O)Nc3ccc(NC(=O)c4cccs4)cc3)[nH]c2c1. The highest BCUT2D eigenvalue weighted by Crippen LogP contribution is 2.23. The lowest BCUT2D eigenvalue weighted by Gasteiger charge is -2.07. The lowest BCUT2D eigenvalue weighted by molar-refractivity contribution is -0.113. The summed E-state index contributed by atoms with van der Waals surface area (Å²) in [7, 11) is 1.61. The highest BCUT2D eigenvalue weighted by atomic mass is 32.2. The van der Waals surface area contributed by atoms with Crippen LogP contribution >= 0.6 is 23.1 Å². The average Bonchev–Trinajstić information content (AvgIpc) is 3.43. The quantitative estimate of drug-likeness (QED) is 0.366. The number of imidazole rings is 1. The number of hydrogen-bond acceptors (Lipinski definition) is 6. The van der Waals surface area contributed by atoms with Crippen molar-refractivity contribution in [3.8, 4) is 5.75 Å². The third-order valence-corrected chi connectivity index (χ3v) is 5.92. The van der Waals surface area contributed by atoms with E-state index in [1.807, 2.05) is 29.6 Å². The number of ether oxygens (including phenoxy) is 1. The summed E-state index contributed by atoms with van der Waals surface area (Å²) in [5, 5.41) is 8.19. The fourth-order valence-electron chi connectivity index (χ4n) is 2.73. The number of hydrogen-bond donors (Lipinski definition) is 3. The highest BCUT2D eigenvalue weighted by Gasteiger charge is 2.10. The molecule has 152 valence electrons. The zero-order valence-corrected chi connectivity index (χ0v) is 17.6. The molecule has 2 amide bonds. The Morgan fingerprint density at radius 2 is 1.87 bits per heavy atom. The lowest BCUT2D eigenvalue weighted by Crippen LogP contribution is -2.14. The number of nitrogens with zero attached hydrogens (tertiary/aromatic N) is 1. The molecule has 0 saturated heterocycles. The summed E-state index contributed by atoms with van der Waals surface area (Å²) in [5.74, 6) is 0.666. The van der Waals surface area contributed by atoms with Gasteiger partial charge in [0, 0.05) is 17.4 Å². The van der Waals surface area contributed by atoms with E-state index in [1.54, 1.807) is 37.4 Å². The normalized spacial score (nSPS) is 10.7. The van der Waals surface area contributed by atoms with Gasteiger partial charge in [-0.3, -0.25) is 9.59 Å². The van der Waals surface area contributed by atoms with Gasteiger partial charge in [-0.1, -0.05) is 17.8 Å². The number of aromatic amines is 1. The van der Waals surface area contributed by atoms with E-state index in [-0.39, 0.29) is 17.6 Å². The summed E-state index contributed by atoms with van der Waals surface area (Å²) in [6, 6.07) is 16.2. The second-order valence-corrected chi connectivity index (χ2v) is 8.18. The van der Waals surface area contributed by atoms with Crippen LogP contribution in [0.25, 0.3) is 11.0 Å². The molecular formula is C21H18N4O3S2. The molecule has 9 heteroatoms. The Morgan fingerprint density at radius 1 is 1.10 bits per heavy atom. The monoisotopic (exact) mass is 438 g/mol. The zero-order chi connectivity index (χ0) is 20.9. The van der Waals surface area contributed by atoms with E-state index < -0.39 is 0 Å². The summed E-state index contributed by atoms with van der Waals surface area (Å²) in [6.07, 6.45) is 0. The maximum Gasteiger partial charge on any atom is 0.265 e. The topological polar surface area (TPSA) is 96.1 Å². The summed E-state index contributed by atoms with van der Waals surface area (Å²) < 4.78 is 5.20. The molecule has 3 N–H and O–H groups in total. The minimum Gasteiger partial charge on any atom is -0.497 e. The summed E-state index contributed by atoms with van der Waals surface area (Å²) in [5.41, 5.74) is 3.00. The number of fused-ring (bicyclic) bond motifs is 1. The largest absolute Gasteiger partial charge is 0.497 e. The van der Waals surface area contributed by atoms with Crippen molar-refractivity contribution in [1.82, 2.24) is 9.97 Å². The Balaban J connectivity index is 1.30. The van der Waals surface area contributed by atoms with Crippen molar-refractivity contribution in [2.45, 2.75) is 5.16 Å². The minimum atomic E-state index is -0.151. The van der Waals surface area contributed by atoms with E-state index in [1.165, 1.54) is 23.1 Å². The molecule has 0 aliphatic heterocycles. The number of carbonyl (C=O) groups is 2. The van der Waals surface area contributed by atoms with Gasteiger partial charge in [-0.25, -0.2) is 4.98 Å². The second kappa shape index (κ2) is 9.02. The predicted molar refractivity (Wildman–Crippen MR) is 121 cm³/mol. The van der Waals surface area contributed by atoms with Gasteiger partial charge in [-0.05, 0) is 47.8 Å². The number of H-pyrrole nitrogens is 1. The molecule has 0 spiro atoms. The molecule has 7 nitrogen and oxygen atoms in total. The standard InChI is InChI=1S/C21H18N4O3S2/c1-28-15-8-9-16-17(11-15)25-21(24-16)30-12-19(26)22-13-4-6-14(7-5-13)23-20(27)18-3-2-10-29-18/h2-11H,12H2,1H3,(H,22,26)(H,23,27)(H,24,25). The minimum absolute atomic E-state index is 0.145. The summed E-state index contributed by atoms with van der Waals surface area (Å²) >= 11 is 2.70. The van der Waals surface area contributed by atoms with Crippen LogP contribution in [-0.4, -0.2) is 34.6 Å². The molecule has 2 aromatic carbocycles. The first-order valence-electron chi connectivity index (χ1n) is 9.02. The molecule has 4 aromatic rings. The van der Waals surface area contributed by atoms with Gasteiger partial charge in [-0.2, -0.15) is 0 Å². The highest BCUT2D eigenvalue weighted by molar-refractivity contribution is 7.99. The average molecular weight is 439 g/mol. The smallest absolute Gasteiger partial charge is 0.265 e. The fraction of sp³-hybridized carbons (Fsp3) is 0.0952. The number of anilines is 2. The molecule has 2 aromatic heterocycles. The Kier molecular flexibility index (Phi) is 6.01. The van der Waals surface area contributed by atoms with Crippen LogP contribution in [0.3, 0.4) is 0 Å². The predicted octanol–water partition coefficient (Wildman–Crippen LogP) is 4.62. The van der Waals surface area contributed by atoms with Gasteiger partial charge in [0.2, 0.25) is 5.91 Å². The number of benzene rings is 2. The third-order valence-electron chi connectivity index (χ3n) is 4.18. The van der Waals surface area contributed by atoms with Crippen molar-refractivity contribution in [2.24, 2.45) is 0 Å². The number of thiophene rings is 1. The van der Waals surface area contributed by atoms with Crippen molar-refractivity contribution >= 4 is 57.3 Å². The lowest BCUT2D eigenvalue weighted by atomic mass is 10.2. The number of nitrogens with one attached hydrogen (secondary N) is 3. The Morgan fingerprint density at radius 3 is 2.57 bits per heavy atom. The molecular weight excluding hydrogens is 420 g/mol. The van der Waals surface area contributed by atoms with Crippen LogP contribution in [0.4, 0.5) is 11.4 Å². The van der Waals surface area contributed by atoms with E-state index in [4.69, 9.17) is 4.74 Å². The van der Waals surface area contributed by atoms with Crippen LogP contribution < -0.4 is 15.4 Å². The van der Waals surface area contributed by atoms with Gasteiger partial charge >= 0.3 is 0 Å². The summed E-state index contributed by atoms with van der Waals surface area (Å²) in [4.78, 5) is 32.6. The molecule has 0 aliphatic carbocycles. The Bertz CT molecular complexity index is 1170. The third kappa shape index (κ3) is 4.81. The maximum absolute atomic E-state index is 12.3.